The molecule has 0 saturated heterocycles. The van der Waals surface area contributed by atoms with E-state index in [0.717, 1.165) is 24.3 Å². The standard InChI is InChI=1S/C13H21N5O/c1-3-11(2)18-13(4-5-15-18)9-14-12-8-16-17(10-12)6-7-19/h4-5,8,10-11,14,19H,3,6-7,9H2,1-2H3/t11-/m1/s1. The summed E-state index contributed by atoms with van der Waals surface area (Å²) in [5.74, 6) is 0. The summed E-state index contributed by atoms with van der Waals surface area (Å²) in [4.78, 5) is 0. The van der Waals surface area contributed by atoms with Crippen molar-refractivity contribution < 1.29 is 5.11 Å². The molecule has 2 N–H and O–H groups in total. The fraction of sp³-hybridized carbons (Fsp3) is 0.538. The fourth-order valence-corrected chi connectivity index (χ4v) is 1.92. The van der Waals surface area contributed by atoms with Crippen LogP contribution in [0.2, 0.25) is 0 Å². The maximum Gasteiger partial charge on any atom is 0.0729 e. The van der Waals surface area contributed by atoms with Crippen LogP contribution in [0.5, 0.6) is 0 Å². The van der Waals surface area contributed by atoms with Gasteiger partial charge in [0.15, 0.2) is 0 Å². The van der Waals surface area contributed by atoms with Crippen LogP contribution < -0.4 is 5.32 Å². The summed E-state index contributed by atoms with van der Waals surface area (Å²) in [6, 6.07) is 2.43. The van der Waals surface area contributed by atoms with Crippen molar-refractivity contribution in [3.63, 3.8) is 0 Å². The molecule has 104 valence electrons. The molecule has 0 spiro atoms. The first-order chi connectivity index (χ1) is 9.24. The lowest BCUT2D eigenvalue weighted by Gasteiger charge is -2.14. The molecule has 2 rings (SSSR count). The largest absolute Gasteiger partial charge is 0.394 e. The molecule has 0 unspecified atom stereocenters. The number of rotatable bonds is 7. The molecular weight excluding hydrogens is 242 g/mol. The molecule has 6 heteroatoms. The number of hydrogen-bond donors (Lipinski definition) is 2. The number of anilines is 1. The summed E-state index contributed by atoms with van der Waals surface area (Å²) in [7, 11) is 0. The highest BCUT2D eigenvalue weighted by molar-refractivity contribution is 5.38. The third-order valence-electron chi connectivity index (χ3n) is 3.20. The maximum atomic E-state index is 8.84. The molecule has 0 aliphatic carbocycles. The third-order valence-corrected chi connectivity index (χ3v) is 3.20. The Hall–Kier alpha value is -1.82. The Morgan fingerprint density at radius 1 is 1.42 bits per heavy atom. The Morgan fingerprint density at radius 3 is 3.00 bits per heavy atom. The molecule has 2 aromatic rings. The molecule has 0 aliphatic heterocycles. The van der Waals surface area contributed by atoms with Crippen molar-refractivity contribution in [2.45, 2.75) is 39.4 Å². The van der Waals surface area contributed by atoms with Crippen molar-refractivity contribution in [1.82, 2.24) is 19.6 Å². The van der Waals surface area contributed by atoms with Crippen molar-refractivity contribution in [2.75, 3.05) is 11.9 Å². The Bertz CT molecular complexity index is 505. The normalized spacial score (nSPS) is 12.6. The lowest BCUT2D eigenvalue weighted by molar-refractivity contribution is 0.269. The van der Waals surface area contributed by atoms with Crippen LogP contribution in [0.1, 0.15) is 32.0 Å². The van der Waals surface area contributed by atoms with E-state index in [1.165, 1.54) is 0 Å². The zero-order valence-electron chi connectivity index (χ0n) is 11.5. The zero-order chi connectivity index (χ0) is 13.7. The molecule has 0 amide bonds. The second-order valence-corrected chi connectivity index (χ2v) is 4.59. The highest BCUT2D eigenvalue weighted by Gasteiger charge is 2.08. The van der Waals surface area contributed by atoms with Crippen LogP contribution in [0.4, 0.5) is 5.69 Å². The highest BCUT2D eigenvalue weighted by Crippen LogP contribution is 2.14. The van der Waals surface area contributed by atoms with Gasteiger partial charge < -0.3 is 10.4 Å². The SMILES string of the molecule is CC[C@@H](C)n1nccc1CNc1cnn(CCO)c1. The zero-order valence-corrected chi connectivity index (χ0v) is 11.5. The molecule has 0 aliphatic rings. The van der Waals surface area contributed by atoms with Gasteiger partial charge in [-0.25, -0.2) is 0 Å². The smallest absolute Gasteiger partial charge is 0.0729 e. The molecule has 0 aromatic carbocycles. The van der Waals surface area contributed by atoms with Crippen molar-refractivity contribution in [2.24, 2.45) is 0 Å². The number of hydrogen-bond acceptors (Lipinski definition) is 4. The Balaban J connectivity index is 1.96. The van der Waals surface area contributed by atoms with E-state index < -0.39 is 0 Å². The summed E-state index contributed by atoms with van der Waals surface area (Å²) in [5, 5.41) is 20.7. The molecule has 2 aromatic heterocycles. The topological polar surface area (TPSA) is 67.9 Å². The second-order valence-electron chi connectivity index (χ2n) is 4.59. The summed E-state index contributed by atoms with van der Waals surface area (Å²) in [6.07, 6.45) is 6.54. The average molecular weight is 263 g/mol. The van der Waals surface area contributed by atoms with Crippen molar-refractivity contribution >= 4 is 5.69 Å². The molecule has 0 saturated carbocycles. The van der Waals surface area contributed by atoms with Gasteiger partial charge in [0.25, 0.3) is 0 Å². The molecule has 0 radical (unpaired) electrons. The minimum absolute atomic E-state index is 0.0991. The quantitative estimate of drug-likeness (QED) is 0.797. The number of aliphatic hydroxyl groups is 1. The number of aromatic nitrogens is 4. The molecule has 19 heavy (non-hydrogen) atoms. The van der Waals surface area contributed by atoms with Gasteiger partial charge in [-0.1, -0.05) is 6.92 Å². The average Bonchev–Trinajstić information content (AvgIpc) is 3.04. The second kappa shape index (κ2) is 6.38. The molecule has 0 fully saturated rings. The third kappa shape index (κ3) is 3.35. The van der Waals surface area contributed by atoms with Gasteiger partial charge in [0.2, 0.25) is 0 Å². The van der Waals surface area contributed by atoms with E-state index in [9.17, 15) is 0 Å². The lowest BCUT2D eigenvalue weighted by atomic mass is 10.2. The minimum Gasteiger partial charge on any atom is -0.394 e. The molecular formula is C13H21N5O. The molecule has 6 nitrogen and oxygen atoms in total. The van der Waals surface area contributed by atoms with E-state index in [2.05, 4.69) is 29.4 Å². The number of aliphatic hydroxyl groups excluding tert-OH is 1. The van der Waals surface area contributed by atoms with Crippen molar-refractivity contribution in [3.8, 4) is 0 Å². The summed E-state index contributed by atoms with van der Waals surface area (Å²) in [5.41, 5.74) is 2.11. The molecule has 0 bridgehead atoms. The van der Waals surface area contributed by atoms with Crippen LogP contribution in [0.15, 0.2) is 24.7 Å². The summed E-state index contributed by atoms with van der Waals surface area (Å²) >= 11 is 0. The Labute approximate surface area is 113 Å². The van der Waals surface area contributed by atoms with Gasteiger partial charge in [-0.2, -0.15) is 10.2 Å². The van der Waals surface area contributed by atoms with Gasteiger partial charge in [0, 0.05) is 18.4 Å². The molecule has 2 heterocycles. The first-order valence-electron chi connectivity index (χ1n) is 6.64. The van der Waals surface area contributed by atoms with Crippen LogP contribution >= 0.6 is 0 Å². The Kier molecular flexibility index (Phi) is 4.57. The predicted molar refractivity (Wildman–Crippen MR) is 73.9 cm³/mol. The van der Waals surface area contributed by atoms with Gasteiger partial charge in [0.05, 0.1) is 37.3 Å². The van der Waals surface area contributed by atoms with Crippen LogP contribution in [0, 0.1) is 0 Å². The van der Waals surface area contributed by atoms with Crippen LogP contribution in [-0.2, 0) is 13.1 Å². The van der Waals surface area contributed by atoms with Crippen LogP contribution in [0.25, 0.3) is 0 Å². The van der Waals surface area contributed by atoms with Crippen LogP contribution in [0.3, 0.4) is 0 Å². The van der Waals surface area contributed by atoms with E-state index in [-0.39, 0.29) is 6.61 Å². The van der Waals surface area contributed by atoms with Gasteiger partial charge in [-0.05, 0) is 19.4 Å². The lowest BCUT2D eigenvalue weighted by Crippen LogP contribution is -2.12. The van der Waals surface area contributed by atoms with E-state index >= 15 is 0 Å². The van der Waals surface area contributed by atoms with E-state index in [1.807, 2.05) is 23.1 Å². The van der Waals surface area contributed by atoms with Gasteiger partial charge in [0.1, 0.15) is 0 Å². The maximum absolute atomic E-state index is 8.84. The van der Waals surface area contributed by atoms with Crippen molar-refractivity contribution in [1.29, 1.82) is 0 Å². The monoisotopic (exact) mass is 263 g/mol. The first kappa shape index (κ1) is 13.6. The predicted octanol–water partition coefficient (Wildman–Crippen LogP) is 1.65. The van der Waals surface area contributed by atoms with Gasteiger partial charge in [-0.15, -0.1) is 0 Å². The van der Waals surface area contributed by atoms with Gasteiger partial charge >= 0.3 is 0 Å². The van der Waals surface area contributed by atoms with Crippen molar-refractivity contribution in [3.05, 3.63) is 30.4 Å². The van der Waals surface area contributed by atoms with Crippen LogP contribution in [-0.4, -0.2) is 31.3 Å². The Morgan fingerprint density at radius 2 is 2.26 bits per heavy atom. The number of nitrogens with zero attached hydrogens (tertiary/aromatic N) is 4. The van der Waals surface area contributed by atoms with Gasteiger partial charge in [-0.3, -0.25) is 9.36 Å². The fourth-order valence-electron chi connectivity index (χ4n) is 1.92. The summed E-state index contributed by atoms with van der Waals surface area (Å²) < 4.78 is 3.76. The minimum atomic E-state index is 0.0991. The highest BCUT2D eigenvalue weighted by atomic mass is 16.3. The number of nitrogens with one attached hydrogen (secondary N) is 1. The van der Waals surface area contributed by atoms with E-state index in [1.54, 1.807) is 10.9 Å². The summed E-state index contributed by atoms with van der Waals surface area (Å²) in [6.45, 7) is 5.65. The first-order valence-corrected chi connectivity index (χ1v) is 6.64. The van der Waals surface area contributed by atoms with E-state index in [0.29, 0.717) is 12.6 Å². The molecule has 1 atom stereocenters. The van der Waals surface area contributed by atoms with E-state index in [4.69, 9.17) is 5.11 Å².